The van der Waals surface area contributed by atoms with Gasteiger partial charge in [0, 0.05) is 61.9 Å². The first-order valence-electron chi connectivity index (χ1n) is 12.2. The van der Waals surface area contributed by atoms with E-state index in [1.807, 2.05) is 22.9 Å². The van der Waals surface area contributed by atoms with Gasteiger partial charge in [0.15, 0.2) is 11.6 Å². The molecule has 0 spiro atoms. The summed E-state index contributed by atoms with van der Waals surface area (Å²) in [5, 5.41) is 15.4. The Morgan fingerprint density at radius 3 is 2.68 bits per heavy atom. The quantitative estimate of drug-likeness (QED) is 0.306. The van der Waals surface area contributed by atoms with Crippen molar-refractivity contribution in [3.63, 3.8) is 0 Å². The van der Waals surface area contributed by atoms with Crippen molar-refractivity contribution in [3.05, 3.63) is 79.1 Å². The molecule has 0 unspecified atom stereocenters. The standard InChI is InChI=1S/C27H27F2N7O2/c1-2-23(38)31-19-4-3-5-20(16-19)36-9-8-18-17-30-27(33-26(18)36)32-21-6-7-22(25(29)24(21)28)35-12-10-34(11-13-35)14-15-37/h2-9,16-17,37H,1,10-15H2,(H,31,38)(H,30,32,33). The van der Waals surface area contributed by atoms with Crippen LogP contribution in [0.15, 0.2) is 67.5 Å². The number of piperazine rings is 1. The van der Waals surface area contributed by atoms with E-state index in [1.54, 1.807) is 35.4 Å². The number of fused-ring (bicyclic) bond motifs is 1. The number of carbonyl (C=O) groups excluding carboxylic acids is 1. The minimum absolute atomic E-state index is 0.0717. The van der Waals surface area contributed by atoms with Gasteiger partial charge < -0.3 is 25.2 Å². The summed E-state index contributed by atoms with van der Waals surface area (Å²) in [7, 11) is 0. The van der Waals surface area contributed by atoms with Crippen LogP contribution in [0.25, 0.3) is 16.7 Å². The maximum atomic E-state index is 15.1. The van der Waals surface area contributed by atoms with Crippen molar-refractivity contribution >= 4 is 40.0 Å². The number of benzene rings is 2. The zero-order valence-electron chi connectivity index (χ0n) is 20.6. The lowest BCUT2D eigenvalue weighted by Crippen LogP contribution is -2.47. The average Bonchev–Trinajstić information content (AvgIpc) is 3.36. The molecule has 1 fully saturated rings. The third kappa shape index (κ3) is 5.20. The molecule has 1 amide bonds. The van der Waals surface area contributed by atoms with Crippen molar-refractivity contribution in [3.8, 4) is 5.69 Å². The topological polar surface area (TPSA) is 98.6 Å². The fourth-order valence-electron chi connectivity index (χ4n) is 4.47. The second-order valence-corrected chi connectivity index (χ2v) is 8.84. The Bertz CT molecular complexity index is 1480. The van der Waals surface area contributed by atoms with Gasteiger partial charge in [0.2, 0.25) is 11.9 Å². The Balaban J connectivity index is 1.37. The summed E-state index contributed by atoms with van der Waals surface area (Å²) in [5.41, 5.74) is 2.01. The first-order chi connectivity index (χ1) is 18.5. The van der Waals surface area contributed by atoms with E-state index in [9.17, 15) is 4.79 Å². The molecule has 1 aliphatic rings. The number of rotatable bonds is 8. The van der Waals surface area contributed by atoms with Crippen molar-refractivity contribution in [2.75, 3.05) is 54.9 Å². The van der Waals surface area contributed by atoms with Gasteiger partial charge in [-0.3, -0.25) is 9.69 Å². The van der Waals surface area contributed by atoms with E-state index < -0.39 is 11.6 Å². The smallest absolute Gasteiger partial charge is 0.247 e. The number of β-amino-alcohol motifs (C(OH)–C–C–N with tert-alkyl or cyclic N) is 1. The van der Waals surface area contributed by atoms with Crippen LogP contribution in [0.5, 0.6) is 0 Å². The largest absolute Gasteiger partial charge is 0.395 e. The Kier molecular flexibility index (Phi) is 7.29. The summed E-state index contributed by atoms with van der Waals surface area (Å²) in [6.45, 7) is 6.51. The molecular formula is C27H27F2N7O2. The Morgan fingerprint density at radius 1 is 1.11 bits per heavy atom. The van der Waals surface area contributed by atoms with Crippen molar-refractivity contribution in [2.24, 2.45) is 0 Å². The minimum Gasteiger partial charge on any atom is -0.395 e. The summed E-state index contributed by atoms with van der Waals surface area (Å²) in [4.78, 5) is 24.3. The van der Waals surface area contributed by atoms with Gasteiger partial charge in [-0.15, -0.1) is 0 Å². The van der Waals surface area contributed by atoms with Gasteiger partial charge in [-0.1, -0.05) is 12.6 Å². The molecule has 3 N–H and O–H groups in total. The molecule has 0 atom stereocenters. The number of anilines is 4. The molecule has 5 rings (SSSR count). The molecule has 196 valence electrons. The summed E-state index contributed by atoms with van der Waals surface area (Å²) < 4.78 is 31.9. The maximum Gasteiger partial charge on any atom is 0.247 e. The molecule has 0 radical (unpaired) electrons. The normalized spacial score (nSPS) is 14.0. The van der Waals surface area contributed by atoms with Crippen molar-refractivity contribution in [1.29, 1.82) is 0 Å². The molecule has 3 heterocycles. The molecule has 11 heteroatoms. The zero-order chi connectivity index (χ0) is 26.6. The second kappa shape index (κ2) is 11.0. The lowest BCUT2D eigenvalue weighted by atomic mass is 10.2. The van der Waals surface area contributed by atoms with Gasteiger partial charge in [0.1, 0.15) is 5.65 Å². The van der Waals surface area contributed by atoms with Gasteiger partial charge in [-0.25, -0.2) is 13.8 Å². The number of halogens is 2. The summed E-state index contributed by atoms with van der Waals surface area (Å²) >= 11 is 0. The number of aromatic nitrogens is 3. The number of carbonyl (C=O) groups is 1. The number of nitrogens with zero attached hydrogens (tertiary/aromatic N) is 5. The number of amides is 1. The summed E-state index contributed by atoms with van der Waals surface area (Å²) in [6, 6.07) is 12.1. The molecular weight excluding hydrogens is 492 g/mol. The molecule has 4 aromatic rings. The van der Waals surface area contributed by atoms with Gasteiger partial charge in [-0.2, -0.15) is 4.98 Å². The monoisotopic (exact) mass is 519 g/mol. The Hall–Kier alpha value is -4.35. The van der Waals surface area contributed by atoms with Crippen LogP contribution in [0, 0.1) is 11.6 Å². The van der Waals surface area contributed by atoms with Crippen molar-refractivity contribution in [1.82, 2.24) is 19.4 Å². The van der Waals surface area contributed by atoms with E-state index in [1.165, 1.54) is 12.1 Å². The highest BCUT2D eigenvalue weighted by atomic mass is 19.2. The van der Waals surface area contributed by atoms with Crippen LogP contribution in [-0.4, -0.2) is 69.8 Å². The zero-order valence-corrected chi connectivity index (χ0v) is 20.6. The first-order valence-corrected chi connectivity index (χ1v) is 12.2. The summed E-state index contributed by atoms with van der Waals surface area (Å²) in [6.07, 6.45) is 4.60. The highest BCUT2D eigenvalue weighted by molar-refractivity contribution is 5.99. The van der Waals surface area contributed by atoms with Crippen LogP contribution in [0.3, 0.4) is 0 Å². The molecule has 38 heavy (non-hydrogen) atoms. The highest BCUT2D eigenvalue weighted by Crippen LogP contribution is 2.30. The molecule has 1 saturated heterocycles. The Labute approximate surface area is 218 Å². The lowest BCUT2D eigenvalue weighted by Gasteiger charge is -2.36. The molecule has 0 bridgehead atoms. The van der Waals surface area contributed by atoms with Crippen LogP contribution in [-0.2, 0) is 4.79 Å². The van der Waals surface area contributed by atoms with Gasteiger partial charge in [-0.05, 0) is 42.5 Å². The number of aliphatic hydroxyl groups is 1. The molecule has 2 aromatic heterocycles. The number of hydrogen-bond donors (Lipinski definition) is 3. The summed E-state index contributed by atoms with van der Waals surface area (Å²) in [5.74, 6) is -2.16. The first kappa shape index (κ1) is 25.3. The van der Waals surface area contributed by atoms with E-state index in [0.29, 0.717) is 44.1 Å². The maximum absolute atomic E-state index is 15.1. The van der Waals surface area contributed by atoms with Crippen molar-refractivity contribution < 1.29 is 18.7 Å². The van der Waals surface area contributed by atoms with E-state index in [-0.39, 0.29) is 29.8 Å². The number of nitrogens with one attached hydrogen (secondary N) is 2. The number of hydrogen-bond acceptors (Lipinski definition) is 7. The Morgan fingerprint density at radius 2 is 1.92 bits per heavy atom. The lowest BCUT2D eigenvalue weighted by molar-refractivity contribution is -0.111. The predicted octanol–water partition coefficient (Wildman–Crippen LogP) is 3.68. The predicted molar refractivity (Wildman–Crippen MR) is 143 cm³/mol. The third-order valence-electron chi connectivity index (χ3n) is 6.44. The third-order valence-corrected chi connectivity index (χ3v) is 6.44. The van der Waals surface area contributed by atoms with E-state index in [0.717, 1.165) is 11.1 Å². The van der Waals surface area contributed by atoms with Gasteiger partial charge in [0.05, 0.1) is 18.0 Å². The van der Waals surface area contributed by atoms with Crippen LogP contribution in [0.2, 0.25) is 0 Å². The van der Waals surface area contributed by atoms with Crippen LogP contribution in [0.4, 0.5) is 31.8 Å². The minimum atomic E-state index is -1.01. The van der Waals surface area contributed by atoms with Gasteiger partial charge in [0.25, 0.3) is 0 Å². The fraction of sp³-hybridized carbons (Fsp3) is 0.222. The van der Waals surface area contributed by atoms with Crippen LogP contribution in [0.1, 0.15) is 0 Å². The average molecular weight is 520 g/mol. The van der Waals surface area contributed by atoms with E-state index >= 15 is 8.78 Å². The van der Waals surface area contributed by atoms with E-state index in [2.05, 4.69) is 32.1 Å². The number of aliphatic hydroxyl groups excluding tert-OH is 1. The van der Waals surface area contributed by atoms with Crippen molar-refractivity contribution in [2.45, 2.75) is 0 Å². The SMILES string of the molecule is C=CC(=O)Nc1cccc(-n2ccc3cnc(Nc4ccc(N5CCN(CCO)CC5)c(F)c4F)nc32)c1. The molecule has 1 aliphatic heterocycles. The fourth-order valence-corrected chi connectivity index (χ4v) is 4.47. The molecule has 0 aliphatic carbocycles. The molecule has 9 nitrogen and oxygen atoms in total. The van der Waals surface area contributed by atoms with E-state index in [4.69, 9.17) is 5.11 Å². The molecule has 2 aromatic carbocycles. The van der Waals surface area contributed by atoms with Crippen LogP contribution >= 0.6 is 0 Å². The molecule has 0 saturated carbocycles. The van der Waals surface area contributed by atoms with Gasteiger partial charge >= 0.3 is 0 Å². The van der Waals surface area contributed by atoms with Crippen LogP contribution < -0.4 is 15.5 Å². The second-order valence-electron chi connectivity index (χ2n) is 8.84. The highest BCUT2D eigenvalue weighted by Gasteiger charge is 2.23.